The number of carbonyl (C=O) groups is 1. The Hall–Kier alpha value is -1.95. The van der Waals surface area contributed by atoms with Crippen molar-refractivity contribution in [1.82, 2.24) is 9.80 Å². The molecule has 2 amide bonds. The van der Waals surface area contributed by atoms with E-state index < -0.39 is 0 Å². The molecule has 5 nitrogen and oxygen atoms in total. The molecular weight excluding hydrogens is 373 g/mol. The van der Waals surface area contributed by atoms with Gasteiger partial charge in [0.1, 0.15) is 5.75 Å². The van der Waals surface area contributed by atoms with E-state index in [0.717, 1.165) is 30.9 Å². The van der Waals surface area contributed by atoms with Crippen LogP contribution in [0.1, 0.15) is 5.56 Å². The average molecular weight is 394 g/mol. The van der Waals surface area contributed by atoms with Crippen LogP contribution in [0.5, 0.6) is 5.75 Å². The third-order valence-corrected chi connectivity index (χ3v) is 4.98. The molecule has 2 aromatic rings. The minimum atomic E-state index is -0.161. The maximum Gasteiger partial charge on any atom is 0.321 e. The Bertz CT molecular complexity index is 777. The third-order valence-electron chi connectivity index (χ3n) is 4.42. The van der Waals surface area contributed by atoms with E-state index in [1.165, 1.54) is 0 Å². The van der Waals surface area contributed by atoms with Crippen molar-refractivity contribution in [3.8, 4) is 5.75 Å². The highest BCUT2D eigenvalue weighted by molar-refractivity contribution is 6.35. The molecule has 3 rings (SSSR count). The third kappa shape index (κ3) is 4.61. The van der Waals surface area contributed by atoms with Crippen molar-refractivity contribution in [1.29, 1.82) is 0 Å². The zero-order valence-corrected chi connectivity index (χ0v) is 16.1. The van der Waals surface area contributed by atoms with Crippen LogP contribution < -0.4 is 10.1 Å². The molecular formula is C19H21Cl2N3O2. The zero-order chi connectivity index (χ0) is 18.5. The summed E-state index contributed by atoms with van der Waals surface area (Å²) in [4.78, 5) is 16.6. The number of carbonyl (C=O) groups excluding carboxylic acids is 1. The van der Waals surface area contributed by atoms with Gasteiger partial charge in [0.2, 0.25) is 0 Å². The van der Waals surface area contributed by atoms with Crippen LogP contribution in [0.15, 0.2) is 42.5 Å². The predicted octanol–water partition coefficient (Wildman–Crippen LogP) is 4.35. The molecule has 0 aliphatic carbocycles. The molecule has 0 radical (unpaired) electrons. The van der Waals surface area contributed by atoms with E-state index in [1.54, 1.807) is 30.2 Å². The van der Waals surface area contributed by atoms with Crippen LogP contribution in [0, 0.1) is 0 Å². The van der Waals surface area contributed by atoms with Crippen molar-refractivity contribution < 1.29 is 9.53 Å². The van der Waals surface area contributed by atoms with Gasteiger partial charge in [-0.15, -0.1) is 0 Å². The highest BCUT2D eigenvalue weighted by Gasteiger charge is 2.22. The Kier molecular flexibility index (Phi) is 6.25. The Labute approximate surface area is 163 Å². The fourth-order valence-electron chi connectivity index (χ4n) is 2.97. The molecule has 2 aromatic carbocycles. The number of hydrogen-bond acceptors (Lipinski definition) is 3. The topological polar surface area (TPSA) is 44.8 Å². The van der Waals surface area contributed by atoms with Gasteiger partial charge in [-0.3, -0.25) is 4.90 Å². The van der Waals surface area contributed by atoms with Crippen LogP contribution in [0.3, 0.4) is 0 Å². The molecule has 1 heterocycles. The summed E-state index contributed by atoms with van der Waals surface area (Å²) in [5.74, 6) is 0.892. The molecule has 0 saturated carbocycles. The summed E-state index contributed by atoms with van der Waals surface area (Å²) in [6, 6.07) is 12.9. The largest absolute Gasteiger partial charge is 0.496 e. The van der Waals surface area contributed by atoms with Crippen LogP contribution in [0.2, 0.25) is 10.0 Å². The normalized spacial score (nSPS) is 15.0. The molecule has 0 atom stereocenters. The van der Waals surface area contributed by atoms with Gasteiger partial charge in [-0.1, -0.05) is 41.4 Å². The van der Waals surface area contributed by atoms with E-state index in [9.17, 15) is 4.79 Å². The lowest BCUT2D eigenvalue weighted by molar-refractivity contribution is 0.142. The van der Waals surface area contributed by atoms with Crippen molar-refractivity contribution in [2.75, 3.05) is 38.6 Å². The first-order valence-electron chi connectivity index (χ1n) is 8.42. The Morgan fingerprint density at radius 3 is 2.58 bits per heavy atom. The molecule has 1 aliphatic heterocycles. The summed E-state index contributed by atoms with van der Waals surface area (Å²) >= 11 is 12.1. The molecule has 0 aromatic heterocycles. The lowest BCUT2D eigenvalue weighted by atomic mass is 10.1. The summed E-state index contributed by atoms with van der Waals surface area (Å²) in [5, 5.41) is 3.84. The molecule has 1 fully saturated rings. The second kappa shape index (κ2) is 8.62. The summed E-state index contributed by atoms with van der Waals surface area (Å²) in [6.07, 6.45) is 0. The van der Waals surface area contributed by atoms with E-state index >= 15 is 0 Å². The van der Waals surface area contributed by atoms with Gasteiger partial charge in [0.15, 0.2) is 0 Å². The van der Waals surface area contributed by atoms with Crippen LogP contribution in [-0.4, -0.2) is 49.1 Å². The molecule has 0 bridgehead atoms. The second-order valence-electron chi connectivity index (χ2n) is 6.13. The van der Waals surface area contributed by atoms with E-state index in [-0.39, 0.29) is 6.03 Å². The monoisotopic (exact) mass is 393 g/mol. The molecule has 0 unspecified atom stereocenters. The van der Waals surface area contributed by atoms with Crippen molar-refractivity contribution in [3.05, 3.63) is 58.1 Å². The molecule has 1 aliphatic rings. The number of amides is 2. The maximum atomic E-state index is 12.5. The number of urea groups is 1. The number of halogens is 2. The standard InChI is InChI=1S/C19H21Cl2N3O2/c1-26-18-5-3-2-4-14(18)13-23-8-10-24(11-9-23)19(25)22-17-12-15(20)6-7-16(17)21/h2-7,12H,8-11,13H2,1H3,(H,22,25). The van der Waals surface area contributed by atoms with Gasteiger partial charge in [-0.2, -0.15) is 0 Å². The molecule has 138 valence electrons. The number of para-hydroxylation sites is 1. The first-order valence-corrected chi connectivity index (χ1v) is 9.17. The van der Waals surface area contributed by atoms with E-state index in [0.29, 0.717) is 28.8 Å². The maximum absolute atomic E-state index is 12.5. The van der Waals surface area contributed by atoms with Gasteiger partial charge >= 0.3 is 6.03 Å². The number of hydrogen-bond donors (Lipinski definition) is 1. The first kappa shape index (κ1) is 18.8. The lowest BCUT2D eigenvalue weighted by Crippen LogP contribution is -2.49. The highest BCUT2D eigenvalue weighted by atomic mass is 35.5. The van der Waals surface area contributed by atoms with E-state index in [2.05, 4.69) is 16.3 Å². The number of nitrogens with one attached hydrogen (secondary N) is 1. The number of nitrogens with zero attached hydrogens (tertiary/aromatic N) is 2. The van der Waals surface area contributed by atoms with Crippen LogP contribution in [0.25, 0.3) is 0 Å². The highest BCUT2D eigenvalue weighted by Crippen LogP contribution is 2.26. The number of methoxy groups -OCH3 is 1. The van der Waals surface area contributed by atoms with E-state index in [1.807, 2.05) is 18.2 Å². The molecule has 1 saturated heterocycles. The molecule has 26 heavy (non-hydrogen) atoms. The van der Waals surface area contributed by atoms with Crippen molar-refractivity contribution in [2.24, 2.45) is 0 Å². The van der Waals surface area contributed by atoms with Crippen LogP contribution >= 0.6 is 23.2 Å². The van der Waals surface area contributed by atoms with Crippen LogP contribution in [-0.2, 0) is 6.54 Å². The summed E-state index contributed by atoms with van der Waals surface area (Å²) in [6.45, 7) is 3.71. The number of rotatable bonds is 4. The fraction of sp³-hybridized carbons (Fsp3) is 0.316. The summed E-state index contributed by atoms with van der Waals surface area (Å²) in [7, 11) is 1.68. The number of benzene rings is 2. The smallest absolute Gasteiger partial charge is 0.321 e. The number of anilines is 1. The zero-order valence-electron chi connectivity index (χ0n) is 14.5. The van der Waals surface area contributed by atoms with E-state index in [4.69, 9.17) is 27.9 Å². The molecule has 1 N–H and O–H groups in total. The van der Waals surface area contributed by atoms with Gasteiger partial charge in [-0.05, 0) is 24.3 Å². The minimum absolute atomic E-state index is 0.161. The number of piperazine rings is 1. The van der Waals surface area contributed by atoms with Gasteiger partial charge in [0, 0.05) is 43.3 Å². The van der Waals surface area contributed by atoms with Crippen molar-refractivity contribution in [3.63, 3.8) is 0 Å². The summed E-state index contributed by atoms with van der Waals surface area (Å²) < 4.78 is 5.41. The fourth-order valence-corrected chi connectivity index (χ4v) is 3.31. The van der Waals surface area contributed by atoms with Gasteiger partial charge in [-0.25, -0.2) is 4.79 Å². The Morgan fingerprint density at radius 2 is 1.85 bits per heavy atom. The van der Waals surface area contributed by atoms with Crippen LogP contribution in [0.4, 0.5) is 10.5 Å². The number of ether oxygens (including phenoxy) is 1. The molecule has 7 heteroatoms. The lowest BCUT2D eigenvalue weighted by Gasteiger charge is -2.35. The van der Waals surface area contributed by atoms with Crippen molar-refractivity contribution in [2.45, 2.75) is 6.54 Å². The van der Waals surface area contributed by atoms with Gasteiger partial charge in [0.25, 0.3) is 0 Å². The Morgan fingerprint density at radius 1 is 1.12 bits per heavy atom. The SMILES string of the molecule is COc1ccccc1CN1CCN(C(=O)Nc2cc(Cl)ccc2Cl)CC1. The van der Waals surface area contributed by atoms with Gasteiger partial charge in [0.05, 0.1) is 17.8 Å². The predicted molar refractivity (Wildman–Crippen MR) is 105 cm³/mol. The quantitative estimate of drug-likeness (QED) is 0.839. The summed E-state index contributed by atoms with van der Waals surface area (Å²) in [5.41, 5.74) is 1.68. The Balaban J connectivity index is 1.54. The second-order valence-corrected chi connectivity index (χ2v) is 6.97. The molecule has 0 spiro atoms. The van der Waals surface area contributed by atoms with Crippen molar-refractivity contribution >= 4 is 34.9 Å². The minimum Gasteiger partial charge on any atom is -0.496 e. The van der Waals surface area contributed by atoms with Gasteiger partial charge < -0.3 is 15.0 Å². The average Bonchev–Trinajstić information content (AvgIpc) is 2.65. The first-order chi connectivity index (χ1) is 12.6.